The van der Waals surface area contributed by atoms with Gasteiger partial charge in [0, 0.05) is 22.0 Å². The molecule has 68 valence electrons. The summed E-state index contributed by atoms with van der Waals surface area (Å²) >= 11 is 0. The Morgan fingerprint density at radius 1 is 1.64 bits per heavy atom. The first-order chi connectivity index (χ1) is 4.98. The zero-order valence-corrected chi connectivity index (χ0v) is 7.99. The lowest BCUT2D eigenvalue weighted by atomic mass is 10.3. The van der Waals surface area contributed by atoms with E-state index in [0.717, 1.165) is 0 Å². The number of hydrogen-bond donors (Lipinski definition) is 2. The molecule has 1 atom stereocenters. The van der Waals surface area contributed by atoms with Crippen LogP contribution in [0.1, 0.15) is 13.8 Å². The number of hydrogen-bond acceptors (Lipinski definition) is 2. The van der Waals surface area contributed by atoms with Crippen LogP contribution < -0.4 is 4.72 Å². The number of rotatable bonds is 5. The summed E-state index contributed by atoms with van der Waals surface area (Å²) in [5.74, 6) is 4.48. The normalized spacial score (nSPS) is 16.7. The SMILES string of the molecule is C=S(=O)(CC(C)C)NCCO. The molecule has 3 nitrogen and oxygen atoms in total. The molecule has 0 aromatic carbocycles. The summed E-state index contributed by atoms with van der Waals surface area (Å²) in [7, 11) is -2.15. The molecule has 0 aromatic heterocycles. The second-order valence-electron chi connectivity index (χ2n) is 2.99. The Bertz CT molecular complexity index is 185. The van der Waals surface area contributed by atoms with E-state index >= 15 is 0 Å². The molecule has 0 radical (unpaired) electrons. The Morgan fingerprint density at radius 3 is 2.55 bits per heavy atom. The van der Waals surface area contributed by atoms with E-state index in [9.17, 15) is 4.21 Å². The molecule has 1 unspecified atom stereocenters. The largest absolute Gasteiger partial charge is 0.395 e. The summed E-state index contributed by atoms with van der Waals surface area (Å²) in [5.41, 5.74) is 0. The molecule has 0 aliphatic rings. The molecule has 11 heavy (non-hydrogen) atoms. The van der Waals surface area contributed by atoms with E-state index in [1.54, 1.807) is 0 Å². The predicted molar refractivity (Wildman–Crippen MR) is 50.1 cm³/mol. The Hall–Kier alpha value is -0.0600. The molecule has 0 aromatic rings. The highest BCUT2D eigenvalue weighted by atomic mass is 32.2. The molecule has 0 heterocycles. The average molecular weight is 179 g/mol. The van der Waals surface area contributed by atoms with Crippen molar-refractivity contribution in [1.82, 2.24) is 4.72 Å². The van der Waals surface area contributed by atoms with Gasteiger partial charge < -0.3 is 5.11 Å². The van der Waals surface area contributed by atoms with E-state index in [4.69, 9.17) is 5.11 Å². The lowest BCUT2D eigenvalue weighted by Gasteiger charge is -2.11. The van der Waals surface area contributed by atoms with Gasteiger partial charge >= 0.3 is 0 Å². The highest BCUT2D eigenvalue weighted by Crippen LogP contribution is 1.96. The van der Waals surface area contributed by atoms with Gasteiger partial charge in [0.05, 0.1) is 6.61 Å². The highest BCUT2D eigenvalue weighted by Gasteiger charge is 2.04. The van der Waals surface area contributed by atoms with Crippen LogP contribution >= 0.6 is 0 Å². The third-order valence-corrected chi connectivity index (χ3v) is 3.01. The van der Waals surface area contributed by atoms with Crippen molar-refractivity contribution in [3.8, 4) is 0 Å². The minimum atomic E-state index is -2.15. The topological polar surface area (TPSA) is 49.3 Å². The zero-order valence-electron chi connectivity index (χ0n) is 7.17. The van der Waals surface area contributed by atoms with E-state index in [0.29, 0.717) is 18.2 Å². The molecular formula is C7H17NO2S. The van der Waals surface area contributed by atoms with Gasteiger partial charge in [-0.05, 0) is 11.8 Å². The maximum atomic E-state index is 11.4. The van der Waals surface area contributed by atoms with Gasteiger partial charge in [-0.25, -0.2) is 4.72 Å². The molecule has 0 bridgehead atoms. The van der Waals surface area contributed by atoms with E-state index in [1.807, 2.05) is 13.8 Å². The molecule has 2 N–H and O–H groups in total. The summed E-state index contributed by atoms with van der Waals surface area (Å²) in [4.78, 5) is 0. The van der Waals surface area contributed by atoms with E-state index < -0.39 is 9.71 Å². The van der Waals surface area contributed by atoms with Crippen molar-refractivity contribution in [2.75, 3.05) is 18.9 Å². The second kappa shape index (κ2) is 4.74. The van der Waals surface area contributed by atoms with Gasteiger partial charge in [-0.2, -0.15) is 0 Å². The van der Waals surface area contributed by atoms with Crippen LogP contribution in [0.2, 0.25) is 0 Å². The van der Waals surface area contributed by atoms with Gasteiger partial charge in [-0.15, -0.1) is 0 Å². The molecule has 0 spiro atoms. The van der Waals surface area contributed by atoms with Crippen molar-refractivity contribution in [1.29, 1.82) is 0 Å². The standard InChI is InChI=1S/C7H17NO2S/c1-7(2)6-11(3,10)8-4-5-9/h7,9H,3-6H2,1-2H3,(H,8,10). The Balaban J connectivity index is 3.82. The van der Waals surface area contributed by atoms with Crippen LogP contribution in [0.25, 0.3) is 0 Å². The molecule has 0 saturated carbocycles. The van der Waals surface area contributed by atoms with Gasteiger partial charge in [0.15, 0.2) is 0 Å². The van der Waals surface area contributed by atoms with Crippen molar-refractivity contribution < 1.29 is 9.32 Å². The Morgan fingerprint density at radius 2 is 2.18 bits per heavy atom. The predicted octanol–water partition coefficient (Wildman–Crippen LogP) is -0.144. The molecule has 4 heteroatoms. The lowest BCUT2D eigenvalue weighted by Crippen LogP contribution is -2.30. The maximum absolute atomic E-state index is 11.4. The van der Waals surface area contributed by atoms with Gasteiger partial charge in [0.2, 0.25) is 0 Å². The van der Waals surface area contributed by atoms with Gasteiger partial charge in [-0.3, -0.25) is 4.21 Å². The molecule has 0 amide bonds. The first-order valence-corrected chi connectivity index (χ1v) is 5.58. The fraction of sp³-hybridized carbons (Fsp3) is 0.857. The average Bonchev–Trinajstić information content (AvgIpc) is 1.81. The van der Waals surface area contributed by atoms with Crippen molar-refractivity contribution in [3.63, 3.8) is 0 Å². The fourth-order valence-electron chi connectivity index (χ4n) is 0.829. The van der Waals surface area contributed by atoms with E-state index in [1.165, 1.54) is 0 Å². The minimum Gasteiger partial charge on any atom is -0.395 e. The smallest absolute Gasteiger partial charge is 0.0565 e. The molecule has 0 aliphatic heterocycles. The molecule has 0 rings (SSSR count). The van der Waals surface area contributed by atoms with Crippen LogP contribution in [0.4, 0.5) is 0 Å². The van der Waals surface area contributed by atoms with Gasteiger partial charge in [-0.1, -0.05) is 13.8 Å². The van der Waals surface area contributed by atoms with Crippen LogP contribution in [-0.4, -0.2) is 34.1 Å². The summed E-state index contributed by atoms with van der Waals surface area (Å²) in [6.07, 6.45) is 0. The van der Waals surface area contributed by atoms with E-state index in [2.05, 4.69) is 10.6 Å². The fourth-order valence-corrected chi connectivity index (χ4v) is 2.49. The van der Waals surface area contributed by atoms with Gasteiger partial charge in [0.25, 0.3) is 0 Å². The summed E-state index contributed by atoms with van der Waals surface area (Å²) in [5, 5.41) is 8.45. The highest BCUT2D eigenvalue weighted by molar-refractivity contribution is 7.98. The van der Waals surface area contributed by atoms with E-state index in [-0.39, 0.29) is 6.61 Å². The van der Waals surface area contributed by atoms with Crippen LogP contribution in [-0.2, 0) is 9.71 Å². The molecule has 0 fully saturated rings. The maximum Gasteiger partial charge on any atom is 0.0565 e. The Kier molecular flexibility index (Phi) is 4.72. The molecule has 0 saturated heterocycles. The van der Waals surface area contributed by atoms with Crippen LogP contribution in [0.5, 0.6) is 0 Å². The van der Waals surface area contributed by atoms with Gasteiger partial charge in [0.1, 0.15) is 0 Å². The van der Waals surface area contributed by atoms with Crippen molar-refractivity contribution in [2.45, 2.75) is 13.8 Å². The number of aliphatic hydroxyl groups is 1. The van der Waals surface area contributed by atoms with Crippen molar-refractivity contribution in [3.05, 3.63) is 0 Å². The molecule has 0 aliphatic carbocycles. The third kappa shape index (κ3) is 6.34. The second-order valence-corrected chi connectivity index (χ2v) is 5.24. The first-order valence-electron chi connectivity index (χ1n) is 3.68. The molecular weight excluding hydrogens is 162 g/mol. The Labute approximate surface area is 69.0 Å². The lowest BCUT2D eigenvalue weighted by molar-refractivity contribution is 0.301. The summed E-state index contributed by atoms with van der Waals surface area (Å²) in [6.45, 7) is 4.34. The van der Waals surface area contributed by atoms with Crippen LogP contribution in [0.15, 0.2) is 0 Å². The number of aliphatic hydroxyl groups excluding tert-OH is 1. The summed E-state index contributed by atoms with van der Waals surface area (Å²) in [6, 6.07) is 0. The number of nitrogens with one attached hydrogen (secondary N) is 1. The van der Waals surface area contributed by atoms with Crippen LogP contribution in [0, 0.1) is 5.92 Å². The monoisotopic (exact) mass is 179 g/mol. The first kappa shape index (κ1) is 10.9. The zero-order chi connectivity index (χ0) is 8.91. The third-order valence-electron chi connectivity index (χ3n) is 1.08. The van der Waals surface area contributed by atoms with Crippen LogP contribution in [0.3, 0.4) is 0 Å². The van der Waals surface area contributed by atoms with Crippen molar-refractivity contribution >= 4 is 15.6 Å². The summed E-state index contributed by atoms with van der Waals surface area (Å²) < 4.78 is 14.1. The van der Waals surface area contributed by atoms with Crippen molar-refractivity contribution in [2.24, 2.45) is 5.92 Å². The quantitative estimate of drug-likeness (QED) is 0.577. The minimum absolute atomic E-state index is 0.00457.